The van der Waals surface area contributed by atoms with Crippen LogP contribution in [-0.2, 0) is 11.2 Å². The van der Waals surface area contributed by atoms with Crippen LogP contribution in [0.1, 0.15) is 22.3 Å². The third-order valence-electron chi connectivity index (χ3n) is 4.08. The first-order valence-electron chi connectivity index (χ1n) is 7.14. The van der Waals surface area contributed by atoms with Crippen molar-refractivity contribution < 1.29 is 14.3 Å². The van der Waals surface area contributed by atoms with Crippen molar-refractivity contribution in [1.29, 1.82) is 0 Å². The fourth-order valence-corrected chi connectivity index (χ4v) is 2.99. The molecule has 21 heavy (non-hydrogen) atoms. The molecule has 2 aliphatic rings. The number of nitrogens with zero attached hydrogens (tertiary/aromatic N) is 1. The van der Waals surface area contributed by atoms with Gasteiger partial charge in [0.1, 0.15) is 11.8 Å². The second-order valence-corrected chi connectivity index (χ2v) is 5.50. The van der Waals surface area contributed by atoms with Crippen molar-refractivity contribution in [3.05, 3.63) is 29.3 Å². The number of benzene rings is 1. The Bertz CT molecular complexity index is 588. The summed E-state index contributed by atoms with van der Waals surface area (Å²) in [5.74, 6) is 0.527. The Morgan fingerprint density at radius 2 is 2.24 bits per heavy atom. The first kappa shape index (κ1) is 13.9. The van der Waals surface area contributed by atoms with Crippen LogP contribution in [0.2, 0.25) is 0 Å². The van der Waals surface area contributed by atoms with E-state index in [1.54, 1.807) is 18.0 Å². The van der Waals surface area contributed by atoms with Gasteiger partial charge in [-0.05, 0) is 30.2 Å². The van der Waals surface area contributed by atoms with Crippen LogP contribution in [0.5, 0.6) is 5.75 Å². The highest BCUT2D eigenvalue weighted by Crippen LogP contribution is 2.27. The second kappa shape index (κ2) is 5.37. The van der Waals surface area contributed by atoms with Gasteiger partial charge in [-0.25, -0.2) is 0 Å². The molecular formula is C15H19N3O3. The number of ether oxygens (including phenoxy) is 1. The zero-order valence-corrected chi connectivity index (χ0v) is 12.0. The number of hydrogen-bond acceptors (Lipinski definition) is 4. The lowest BCUT2D eigenvalue weighted by Crippen LogP contribution is -2.45. The Labute approximate surface area is 123 Å². The quantitative estimate of drug-likeness (QED) is 0.797. The minimum Gasteiger partial charge on any atom is -0.493 e. The Morgan fingerprint density at radius 1 is 1.43 bits per heavy atom. The number of carbonyl (C=O) groups is 2. The summed E-state index contributed by atoms with van der Waals surface area (Å²) in [5, 5.41) is 2.60. The molecule has 6 nitrogen and oxygen atoms in total. The van der Waals surface area contributed by atoms with Crippen molar-refractivity contribution in [3.63, 3.8) is 0 Å². The van der Waals surface area contributed by atoms with E-state index < -0.39 is 6.04 Å². The number of fused-ring (bicyclic) bond motifs is 1. The topological polar surface area (TPSA) is 84.7 Å². The number of rotatable bonds is 2. The van der Waals surface area contributed by atoms with Gasteiger partial charge in [0.25, 0.3) is 5.91 Å². The lowest BCUT2D eigenvalue weighted by atomic mass is 10.1. The molecule has 3 N–H and O–H groups in total. The molecule has 1 saturated heterocycles. The van der Waals surface area contributed by atoms with Gasteiger partial charge in [-0.3, -0.25) is 9.59 Å². The zero-order valence-electron chi connectivity index (χ0n) is 12.0. The predicted octanol–water partition coefficient (Wildman–Crippen LogP) is -0.0907. The van der Waals surface area contributed by atoms with E-state index in [-0.39, 0.29) is 17.9 Å². The molecule has 2 atom stereocenters. The molecule has 0 spiro atoms. The minimum absolute atomic E-state index is 0.147. The monoisotopic (exact) mass is 289 g/mol. The summed E-state index contributed by atoms with van der Waals surface area (Å²) in [7, 11) is 1.57. The van der Waals surface area contributed by atoms with Crippen LogP contribution < -0.4 is 15.8 Å². The summed E-state index contributed by atoms with van der Waals surface area (Å²) < 4.78 is 5.44. The van der Waals surface area contributed by atoms with Crippen LogP contribution in [0.4, 0.5) is 0 Å². The third-order valence-corrected chi connectivity index (χ3v) is 4.08. The van der Waals surface area contributed by atoms with Crippen LogP contribution in [-0.4, -0.2) is 49.0 Å². The fourth-order valence-electron chi connectivity index (χ4n) is 2.99. The number of hydrogen-bond donors (Lipinski definition) is 2. The molecule has 0 radical (unpaired) electrons. The molecule has 2 amide bonds. The lowest BCUT2D eigenvalue weighted by molar-refractivity contribution is -0.124. The standard InChI is InChI=1S/C15H19N3O3/c1-17-14(19)12-7-11(16)8-18(12)15(20)10-2-3-13-9(6-10)4-5-21-13/h2-3,6,11-12H,4-5,7-8,16H2,1H3,(H,17,19)/t11-,12-/m0/s1. The highest BCUT2D eigenvalue weighted by molar-refractivity contribution is 5.98. The van der Waals surface area contributed by atoms with Gasteiger partial charge >= 0.3 is 0 Å². The van der Waals surface area contributed by atoms with Crippen molar-refractivity contribution in [2.75, 3.05) is 20.2 Å². The third kappa shape index (κ3) is 2.47. The second-order valence-electron chi connectivity index (χ2n) is 5.50. The van der Waals surface area contributed by atoms with Crippen molar-refractivity contribution in [1.82, 2.24) is 10.2 Å². The Hall–Kier alpha value is -2.08. The average Bonchev–Trinajstić information content (AvgIpc) is 3.10. The Kier molecular flexibility index (Phi) is 3.55. The van der Waals surface area contributed by atoms with Gasteiger partial charge in [-0.15, -0.1) is 0 Å². The van der Waals surface area contributed by atoms with Crippen molar-refractivity contribution >= 4 is 11.8 Å². The summed E-state index contributed by atoms with van der Waals surface area (Å²) >= 11 is 0. The molecule has 2 aliphatic heterocycles. The highest BCUT2D eigenvalue weighted by Gasteiger charge is 2.38. The number of carbonyl (C=O) groups excluding carboxylic acids is 2. The van der Waals surface area contributed by atoms with Gasteiger partial charge in [0.2, 0.25) is 5.91 Å². The van der Waals surface area contributed by atoms with E-state index in [2.05, 4.69) is 5.32 Å². The molecule has 6 heteroatoms. The first-order chi connectivity index (χ1) is 10.1. The smallest absolute Gasteiger partial charge is 0.254 e. The molecule has 1 aromatic rings. The van der Waals surface area contributed by atoms with E-state index in [1.165, 1.54) is 0 Å². The largest absolute Gasteiger partial charge is 0.493 e. The van der Waals surface area contributed by atoms with E-state index in [9.17, 15) is 9.59 Å². The average molecular weight is 289 g/mol. The lowest BCUT2D eigenvalue weighted by Gasteiger charge is -2.23. The summed E-state index contributed by atoms with van der Waals surface area (Å²) in [6.45, 7) is 1.06. The molecule has 0 saturated carbocycles. The molecule has 0 unspecified atom stereocenters. The molecule has 0 bridgehead atoms. The van der Waals surface area contributed by atoms with Crippen LogP contribution in [0.25, 0.3) is 0 Å². The summed E-state index contributed by atoms with van der Waals surface area (Å²) in [6.07, 6.45) is 1.31. The maximum Gasteiger partial charge on any atom is 0.254 e. The van der Waals surface area contributed by atoms with E-state index in [0.29, 0.717) is 25.1 Å². The number of nitrogens with one attached hydrogen (secondary N) is 1. The molecule has 112 valence electrons. The molecule has 0 aromatic heterocycles. The SMILES string of the molecule is CNC(=O)[C@@H]1C[C@H](N)CN1C(=O)c1ccc2c(c1)CCO2. The molecule has 0 aliphatic carbocycles. The van der Waals surface area contributed by atoms with Crippen LogP contribution in [0.3, 0.4) is 0 Å². The van der Waals surface area contributed by atoms with Crippen LogP contribution >= 0.6 is 0 Å². The molecule has 1 aromatic carbocycles. The Balaban J connectivity index is 1.85. The molecular weight excluding hydrogens is 270 g/mol. The van der Waals surface area contributed by atoms with E-state index in [0.717, 1.165) is 17.7 Å². The maximum atomic E-state index is 12.7. The van der Waals surface area contributed by atoms with Crippen LogP contribution in [0, 0.1) is 0 Å². The fraction of sp³-hybridized carbons (Fsp3) is 0.467. The van der Waals surface area contributed by atoms with E-state index in [1.807, 2.05) is 12.1 Å². The first-order valence-corrected chi connectivity index (χ1v) is 7.14. The van der Waals surface area contributed by atoms with Gasteiger partial charge in [-0.2, -0.15) is 0 Å². The molecule has 2 heterocycles. The van der Waals surface area contributed by atoms with Gasteiger partial charge in [-0.1, -0.05) is 0 Å². The van der Waals surface area contributed by atoms with Gasteiger partial charge in [0, 0.05) is 31.6 Å². The molecule has 3 rings (SSSR count). The Morgan fingerprint density at radius 3 is 3.00 bits per heavy atom. The zero-order chi connectivity index (χ0) is 15.0. The minimum atomic E-state index is -0.484. The van der Waals surface area contributed by atoms with E-state index >= 15 is 0 Å². The van der Waals surface area contributed by atoms with Gasteiger partial charge < -0.3 is 20.7 Å². The maximum absolute atomic E-state index is 12.7. The molecule has 1 fully saturated rings. The van der Waals surface area contributed by atoms with Gasteiger partial charge in [0.05, 0.1) is 6.61 Å². The predicted molar refractivity (Wildman–Crippen MR) is 77.1 cm³/mol. The van der Waals surface area contributed by atoms with Crippen molar-refractivity contribution in [2.45, 2.75) is 24.9 Å². The van der Waals surface area contributed by atoms with Gasteiger partial charge in [0.15, 0.2) is 0 Å². The van der Waals surface area contributed by atoms with E-state index in [4.69, 9.17) is 10.5 Å². The van der Waals surface area contributed by atoms with Crippen molar-refractivity contribution in [2.24, 2.45) is 5.73 Å². The number of likely N-dealkylation sites (tertiary alicyclic amines) is 1. The highest BCUT2D eigenvalue weighted by atomic mass is 16.5. The number of likely N-dealkylation sites (N-methyl/N-ethyl adjacent to an activating group) is 1. The summed E-state index contributed by atoms with van der Waals surface area (Å²) in [6, 6.07) is 4.78. The number of nitrogens with two attached hydrogens (primary N) is 1. The normalized spacial score (nSPS) is 23.6. The van der Waals surface area contributed by atoms with Crippen LogP contribution in [0.15, 0.2) is 18.2 Å². The summed E-state index contributed by atoms with van der Waals surface area (Å²) in [5.41, 5.74) is 7.55. The summed E-state index contributed by atoms with van der Waals surface area (Å²) in [4.78, 5) is 26.2. The number of amides is 2. The van der Waals surface area contributed by atoms with Crippen molar-refractivity contribution in [3.8, 4) is 5.75 Å².